The molecule has 1 amide bonds. The molecule has 2 rings (SSSR count). The number of carbonyl (C=O) groups excluding carboxylic acids is 1. The van der Waals surface area contributed by atoms with Crippen LogP contribution < -0.4 is 18.9 Å². The zero-order valence-corrected chi connectivity index (χ0v) is 17.8. The van der Waals surface area contributed by atoms with Gasteiger partial charge in [0.2, 0.25) is 15.8 Å². The minimum atomic E-state index is -3.25. The van der Waals surface area contributed by atoms with Crippen LogP contribution in [-0.4, -0.2) is 64.4 Å². The number of nitrogens with one attached hydrogen (secondary N) is 1. The van der Waals surface area contributed by atoms with Crippen LogP contribution >= 0.6 is 0 Å². The Morgan fingerprint density at radius 2 is 1.54 bits per heavy atom. The molecule has 9 heteroatoms. The lowest BCUT2D eigenvalue weighted by atomic mass is 10.0. The monoisotopic (exact) mass is 414 g/mol. The Kier molecular flexibility index (Phi) is 7.94. The van der Waals surface area contributed by atoms with Crippen LogP contribution in [0.15, 0.2) is 12.1 Å². The predicted octanol–water partition coefficient (Wildman–Crippen LogP) is 2.04. The molecule has 1 aliphatic rings. The lowest BCUT2D eigenvalue weighted by molar-refractivity contribution is 0.0710. The lowest BCUT2D eigenvalue weighted by Crippen LogP contribution is -2.46. The van der Waals surface area contributed by atoms with Gasteiger partial charge in [-0.1, -0.05) is 0 Å². The van der Waals surface area contributed by atoms with E-state index in [2.05, 4.69) is 4.72 Å². The second kappa shape index (κ2) is 9.97. The van der Waals surface area contributed by atoms with Gasteiger partial charge in [0.1, 0.15) is 0 Å². The van der Waals surface area contributed by atoms with Gasteiger partial charge >= 0.3 is 0 Å². The molecule has 0 saturated carbocycles. The van der Waals surface area contributed by atoms with Crippen LogP contribution in [0.4, 0.5) is 0 Å². The molecule has 28 heavy (non-hydrogen) atoms. The molecule has 0 aromatic heterocycles. The number of nitrogens with zero attached hydrogens (tertiary/aromatic N) is 1. The molecule has 0 radical (unpaired) electrons. The van der Waals surface area contributed by atoms with E-state index in [9.17, 15) is 13.2 Å². The van der Waals surface area contributed by atoms with E-state index in [0.717, 1.165) is 6.26 Å². The first-order valence-electron chi connectivity index (χ1n) is 9.62. The average molecular weight is 415 g/mol. The molecule has 0 unspecified atom stereocenters. The van der Waals surface area contributed by atoms with E-state index in [1.807, 2.05) is 20.8 Å². The third-order valence-corrected chi connectivity index (χ3v) is 5.08. The molecule has 0 atom stereocenters. The molecule has 1 N–H and O–H groups in total. The fourth-order valence-corrected chi connectivity index (χ4v) is 4.04. The van der Waals surface area contributed by atoms with Crippen molar-refractivity contribution in [2.24, 2.45) is 0 Å². The number of rotatable bonds is 9. The average Bonchev–Trinajstić information content (AvgIpc) is 2.63. The number of sulfonamides is 1. The summed E-state index contributed by atoms with van der Waals surface area (Å²) in [4.78, 5) is 14.7. The molecule has 158 valence electrons. The Hall–Kier alpha value is -2.00. The van der Waals surface area contributed by atoms with Gasteiger partial charge in [-0.05, 0) is 45.7 Å². The van der Waals surface area contributed by atoms with E-state index in [4.69, 9.17) is 14.2 Å². The summed E-state index contributed by atoms with van der Waals surface area (Å²) >= 11 is 0. The number of hydrogen-bond donors (Lipinski definition) is 1. The molecule has 0 spiro atoms. The summed E-state index contributed by atoms with van der Waals surface area (Å²) in [6.45, 7) is 7.89. The highest BCUT2D eigenvalue weighted by Crippen LogP contribution is 2.39. The van der Waals surface area contributed by atoms with E-state index >= 15 is 0 Å². The van der Waals surface area contributed by atoms with Crippen molar-refractivity contribution < 1.29 is 27.4 Å². The molecular weight excluding hydrogens is 384 g/mol. The minimum Gasteiger partial charge on any atom is -0.490 e. The Balaban J connectivity index is 2.20. The maximum Gasteiger partial charge on any atom is 0.254 e. The van der Waals surface area contributed by atoms with E-state index in [1.54, 1.807) is 17.0 Å². The van der Waals surface area contributed by atoms with Crippen molar-refractivity contribution in [3.8, 4) is 17.2 Å². The van der Waals surface area contributed by atoms with Gasteiger partial charge in [0.15, 0.2) is 11.5 Å². The second-order valence-electron chi connectivity index (χ2n) is 6.56. The fourth-order valence-electron chi connectivity index (χ4n) is 3.20. The molecule has 1 fully saturated rings. The van der Waals surface area contributed by atoms with Gasteiger partial charge in [0.25, 0.3) is 5.91 Å². The summed E-state index contributed by atoms with van der Waals surface area (Å²) in [5.41, 5.74) is 0.463. The number of benzene rings is 1. The summed E-state index contributed by atoms with van der Waals surface area (Å²) in [6, 6.07) is 3.22. The van der Waals surface area contributed by atoms with E-state index in [1.165, 1.54) is 0 Å². The van der Waals surface area contributed by atoms with Crippen LogP contribution in [0.3, 0.4) is 0 Å². The fraction of sp³-hybridized carbons (Fsp3) is 0.632. The van der Waals surface area contributed by atoms with Crippen LogP contribution in [0.25, 0.3) is 0 Å². The number of hydrogen-bond acceptors (Lipinski definition) is 6. The first-order chi connectivity index (χ1) is 13.3. The largest absolute Gasteiger partial charge is 0.490 e. The van der Waals surface area contributed by atoms with Crippen molar-refractivity contribution in [1.82, 2.24) is 9.62 Å². The molecular formula is C19H30N2O6S. The topological polar surface area (TPSA) is 94.2 Å². The van der Waals surface area contributed by atoms with Crippen LogP contribution in [0.5, 0.6) is 17.2 Å². The third kappa shape index (κ3) is 6.00. The van der Waals surface area contributed by atoms with Crippen molar-refractivity contribution in [1.29, 1.82) is 0 Å². The maximum absolute atomic E-state index is 13.0. The summed E-state index contributed by atoms with van der Waals surface area (Å²) in [6.07, 6.45) is 2.30. The predicted molar refractivity (Wildman–Crippen MR) is 107 cm³/mol. The highest BCUT2D eigenvalue weighted by Gasteiger charge is 2.27. The van der Waals surface area contributed by atoms with Gasteiger partial charge in [0.05, 0.1) is 26.1 Å². The van der Waals surface area contributed by atoms with E-state index < -0.39 is 10.0 Å². The van der Waals surface area contributed by atoms with Crippen molar-refractivity contribution in [3.63, 3.8) is 0 Å². The van der Waals surface area contributed by atoms with Gasteiger partial charge in [0, 0.05) is 24.7 Å². The first-order valence-corrected chi connectivity index (χ1v) is 11.5. The SMILES string of the molecule is CCOc1cc(C(=O)N2CCC(NS(C)(=O)=O)CC2)cc(OCC)c1OCC. The maximum atomic E-state index is 13.0. The number of likely N-dealkylation sites (tertiary alicyclic amines) is 1. The smallest absolute Gasteiger partial charge is 0.254 e. The Bertz CT molecular complexity index is 746. The Labute approximate surface area is 167 Å². The van der Waals surface area contributed by atoms with Gasteiger partial charge in [-0.2, -0.15) is 0 Å². The van der Waals surface area contributed by atoms with E-state index in [-0.39, 0.29) is 11.9 Å². The Morgan fingerprint density at radius 1 is 1.04 bits per heavy atom. The van der Waals surface area contributed by atoms with Crippen LogP contribution in [0, 0.1) is 0 Å². The molecule has 8 nitrogen and oxygen atoms in total. The molecule has 1 aromatic carbocycles. The number of ether oxygens (including phenoxy) is 3. The van der Waals surface area contributed by atoms with Crippen LogP contribution in [-0.2, 0) is 10.0 Å². The molecule has 1 aliphatic heterocycles. The third-order valence-electron chi connectivity index (χ3n) is 4.32. The summed E-state index contributed by atoms with van der Waals surface area (Å²) in [5, 5.41) is 0. The molecule has 1 aromatic rings. The van der Waals surface area contributed by atoms with Gasteiger partial charge in [-0.25, -0.2) is 13.1 Å². The molecule has 1 saturated heterocycles. The second-order valence-corrected chi connectivity index (χ2v) is 8.34. The number of piperidine rings is 1. The van der Waals surface area contributed by atoms with Gasteiger partial charge in [-0.15, -0.1) is 0 Å². The summed E-state index contributed by atoms with van der Waals surface area (Å²) < 4.78 is 42.4. The van der Waals surface area contributed by atoms with Gasteiger partial charge < -0.3 is 19.1 Å². The van der Waals surface area contributed by atoms with Crippen molar-refractivity contribution in [2.75, 3.05) is 39.2 Å². The normalized spacial score (nSPS) is 15.4. The lowest BCUT2D eigenvalue weighted by Gasteiger charge is -2.32. The molecule has 1 heterocycles. The van der Waals surface area contributed by atoms with Gasteiger partial charge in [-0.3, -0.25) is 4.79 Å². The Morgan fingerprint density at radius 3 is 1.96 bits per heavy atom. The highest BCUT2D eigenvalue weighted by atomic mass is 32.2. The highest BCUT2D eigenvalue weighted by molar-refractivity contribution is 7.88. The number of amides is 1. The quantitative estimate of drug-likeness (QED) is 0.665. The van der Waals surface area contributed by atoms with Crippen molar-refractivity contribution in [3.05, 3.63) is 17.7 Å². The molecule has 0 aliphatic carbocycles. The van der Waals surface area contributed by atoms with E-state index in [0.29, 0.717) is 68.6 Å². The van der Waals surface area contributed by atoms with Crippen molar-refractivity contribution in [2.45, 2.75) is 39.7 Å². The summed E-state index contributed by atoms with van der Waals surface area (Å²) in [7, 11) is -3.25. The number of carbonyl (C=O) groups is 1. The van der Waals surface area contributed by atoms with Crippen LogP contribution in [0.2, 0.25) is 0 Å². The standard InChI is InChI=1S/C19H30N2O6S/c1-5-25-16-12-14(13-17(26-6-2)18(16)27-7-3)19(22)21-10-8-15(9-11-21)20-28(4,23)24/h12-13,15,20H,5-11H2,1-4H3. The first kappa shape index (κ1) is 22.3. The van der Waals surface area contributed by atoms with Crippen LogP contribution in [0.1, 0.15) is 44.0 Å². The zero-order chi connectivity index (χ0) is 20.7. The van der Waals surface area contributed by atoms with Crippen molar-refractivity contribution >= 4 is 15.9 Å². The minimum absolute atomic E-state index is 0.136. The molecule has 0 bridgehead atoms. The zero-order valence-electron chi connectivity index (χ0n) is 17.0. The summed E-state index contributed by atoms with van der Waals surface area (Å²) in [5.74, 6) is 1.32.